The SMILES string of the molecule is CCN1CCCC1c1cnc(N(C)C)cc1C. The Bertz CT molecular complexity index is 387. The van der Waals surface area contributed by atoms with Gasteiger partial charge in [-0.3, -0.25) is 4.90 Å². The molecule has 0 spiro atoms. The van der Waals surface area contributed by atoms with Crippen LogP contribution in [0.4, 0.5) is 5.82 Å². The molecule has 2 rings (SSSR count). The predicted octanol–water partition coefficient (Wildman–Crippen LogP) is 2.61. The lowest BCUT2D eigenvalue weighted by molar-refractivity contribution is 0.270. The number of aryl methyl sites for hydroxylation is 1. The van der Waals surface area contributed by atoms with E-state index in [2.05, 4.69) is 40.9 Å². The molecule has 1 fully saturated rings. The van der Waals surface area contributed by atoms with Gasteiger partial charge in [0.05, 0.1) is 0 Å². The van der Waals surface area contributed by atoms with E-state index in [1.165, 1.54) is 30.5 Å². The van der Waals surface area contributed by atoms with Crippen molar-refractivity contribution in [2.24, 2.45) is 0 Å². The zero-order valence-electron chi connectivity index (χ0n) is 11.4. The lowest BCUT2D eigenvalue weighted by atomic mass is 10.0. The first-order valence-corrected chi connectivity index (χ1v) is 6.51. The number of likely N-dealkylation sites (tertiary alicyclic amines) is 1. The molecule has 3 heteroatoms. The van der Waals surface area contributed by atoms with E-state index in [9.17, 15) is 0 Å². The van der Waals surface area contributed by atoms with Gasteiger partial charge in [0, 0.05) is 26.3 Å². The maximum atomic E-state index is 4.55. The van der Waals surface area contributed by atoms with Gasteiger partial charge in [-0.15, -0.1) is 0 Å². The summed E-state index contributed by atoms with van der Waals surface area (Å²) in [6.45, 7) is 6.82. The summed E-state index contributed by atoms with van der Waals surface area (Å²) in [5.74, 6) is 1.05. The lowest BCUT2D eigenvalue weighted by Crippen LogP contribution is -2.23. The highest BCUT2D eigenvalue weighted by atomic mass is 15.2. The fraction of sp³-hybridized carbons (Fsp3) is 0.643. The van der Waals surface area contributed by atoms with Gasteiger partial charge < -0.3 is 4.90 Å². The summed E-state index contributed by atoms with van der Waals surface area (Å²) in [6, 6.07) is 2.78. The quantitative estimate of drug-likeness (QED) is 0.800. The van der Waals surface area contributed by atoms with Crippen molar-refractivity contribution in [2.45, 2.75) is 32.7 Å². The topological polar surface area (TPSA) is 19.4 Å². The Labute approximate surface area is 104 Å². The highest BCUT2D eigenvalue weighted by Gasteiger charge is 2.26. The predicted molar refractivity (Wildman–Crippen MR) is 72.5 cm³/mol. The van der Waals surface area contributed by atoms with Crippen LogP contribution in [-0.2, 0) is 0 Å². The first-order valence-electron chi connectivity index (χ1n) is 6.51. The molecule has 0 amide bonds. The van der Waals surface area contributed by atoms with Crippen LogP contribution in [0.25, 0.3) is 0 Å². The third kappa shape index (κ3) is 2.44. The Balaban J connectivity index is 2.27. The second kappa shape index (κ2) is 5.05. The Morgan fingerprint density at radius 1 is 1.47 bits per heavy atom. The molecule has 0 aliphatic carbocycles. The number of hydrogen-bond donors (Lipinski definition) is 0. The van der Waals surface area contributed by atoms with E-state index in [-0.39, 0.29) is 0 Å². The van der Waals surface area contributed by atoms with Gasteiger partial charge in [0.2, 0.25) is 0 Å². The minimum absolute atomic E-state index is 0.587. The van der Waals surface area contributed by atoms with Crippen LogP contribution >= 0.6 is 0 Å². The number of aromatic nitrogens is 1. The van der Waals surface area contributed by atoms with Crippen LogP contribution in [0.5, 0.6) is 0 Å². The van der Waals surface area contributed by atoms with E-state index < -0.39 is 0 Å². The molecule has 1 aliphatic rings. The van der Waals surface area contributed by atoms with Crippen molar-refractivity contribution in [3.8, 4) is 0 Å². The molecule has 1 atom stereocenters. The largest absolute Gasteiger partial charge is 0.363 e. The Hall–Kier alpha value is -1.09. The van der Waals surface area contributed by atoms with Crippen molar-refractivity contribution in [1.82, 2.24) is 9.88 Å². The normalized spacial score (nSPS) is 20.8. The van der Waals surface area contributed by atoms with Gasteiger partial charge >= 0.3 is 0 Å². The summed E-state index contributed by atoms with van der Waals surface area (Å²) in [5, 5.41) is 0. The minimum Gasteiger partial charge on any atom is -0.363 e. The summed E-state index contributed by atoms with van der Waals surface area (Å²) < 4.78 is 0. The van der Waals surface area contributed by atoms with Crippen molar-refractivity contribution in [2.75, 3.05) is 32.1 Å². The maximum absolute atomic E-state index is 4.55. The van der Waals surface area contributed by atoms with Gasteiger partial charge in [-0.1, -0.05) is 6.92 Å². The Morgan fingerprint density at radius 3 is 2.82 bits per heavy atom. The van der Waals surface area contributed by atoms with E-state index in [4.69, 9.17) is 0 Å². The van der Waals surface area contributed by atoms with Crippen LogP contribution in [0.1, 0.15) is 36.9 Å². The fourth-order valence-electron chi connectivity index (χ4n) is 2.70. The molecule has 2 heterocycles. The van der Waals surface area contributed by atoms with Crippen LogP contribution in [0.2, 0.25) is 0 Å². The Morgan fingerprint density at radius 2 is 2.24 bits per heavy atom. The van der Waals surface area contributed by atoms with E-state index in [1.807, 2.05) is 14.1 Å². The molecule has 1 aliphatic heterocycles. The van der Waals surface area contributed by atoms with E-state index >= 15 is 0 Å². The van der Waals surface area contributed by atoms with Crippen molar-refractivity contribution in [1.29, 1.82) is 0 Å². The van der Waals surface area contributed by atoms with Crippen LogP contribution in [0.15, 0.2) is 12.3 Å². The first-order chi connectivity index (χ1) is 8.13. The molecule has 94 valence electrons. The second-order valence-electron chi connectivity index (χ2n) is 5.08. The zero-order chi connectivity index (χ0) is 12.4. The number of pyridine rings is 1. The molecule has 1 unspecified atom stereocenters. The highest BCUT2D eigenvalue weighted by molar-refractivity contribution is 5.42. The number of hydrogen-bond acceptors (Lipinski definition) is 3. The van der Waals surface area contributed by atoms with Gasteiger partial charge in [0.25, 0.3) is 0 Å². The van der Waals surface area contributed by atoms with Gasteiger partial charge in [-0.05, 0) is 50.0 Å². The summed E-state index contributed by atoms with van der Waals surface area (Å²) in [6.07, 6.45) is 4.66. The molecule has 1 aromatic rings. The van der Waals surface area contributed by atoms with Crippen molar-refractivity contribution in [3.05, 3.63) is 23.4 Å². The maximum Gasteiger partial charge on any atom is 0.128 e. The van der Waals surface area contributed by atoms with Gasteiger partial charge in [0.15, 0.2) is 0 Å². The fourth-order valence-corrected chi connectivity index (χ4v) is 2.70. The molecule has 3 nitrogen and oxygen atoms in total. The van der Waals surface area contributed by atoms with E-state index in [0.717, 1.165) is 12.4 Å². The third-order valence-electron chi connectivity index (χ3n) is 3.72. The minimum atomic E-state index is 0.587. The van der Waals surface area contributed by atoms with E-state index in [1.54, 1.807) is 0 Å². The molecule has 1 saturated heterocycles. The number of nitrogens with zero attached hydrogens (tertiary/aromatic N) is 3. The van der Waals surface area contributed by atoms with Crippen LogP contribution in [0, 0.1) is 6.92 Å². The van der Waals surface area contributed by atoms with Gasteiger partial charge in [-0.25, -0.2) is 4.98 Å². The van der Waals surface area contributed by atoms with Crippen molar-refractivity contribution < 1.29 is 0 Å². The molecule has 0 aromatic carbocycles. The lowest BCUT2D eigenvalue weighted by Gasteiger charge is -2.25. The van der Waals surface area contributed by atoms with Crippen LogP contribution < -0.4 is 4.90 Å². The van der Waals surface area contributed by atoms with Crippen LogP contribution in [-0.4, -0.2) is 37.1 Å². The molecular formula is C14H23N3. The summed E-state index contributed by atoms with van der Waals surface area (Å²) >= 11 is 0. The smallest absolute Gasteiger partial charge is 0.128 e. The summed E-state index contributed by atoms with van der Waals surface area (Å²) in [4.78, 5) is 9.17. The monoisotopic (exact) mass is 233 g/mol. The van der Waals surface area contributed by atoms with Crippen molar-refractivity contribution in [3.63, 3.8) is 0 Å². The number of anilines is 1. The van der Waals surface area contributed by atoms with Crippen LogP contribution in [0.3, 0.4) is 0 Å². The average molecular weight is 233 g/mol. The van der Waals surface area contributed by atoms with Gasteiger partial charge in [0.1, 0.15) is 5.82 Å². The number of rotatable bonds is 3. The molecule has 17 heavy (non-hydrogen) atoms. The average Bonchev–Trinajstić information content (AvgIpc) is 2.76. The molecule has 0 N–H and O–H groups in total. The molecule has 1 aromatic heterocycles. The molecule has 0 radical (unpaired) electrons. The Kier molecular flexibility index (Phi) is 3.67. The highest BCUT2D eigenvalue weighted by Crippen LogP contribution is 2.33. The molecule has 0 bridgehead atoms. The summed E-state index contributed by atoms with van der Waals surface area (Å²) in [5.41, 5.74) is 2.78. The first kappa shape index (κ1) is 12.4. The summed E-state index contributed by atoms with van der Waals surface area (Å²) in [7, 11) is 4.07. The van der Waals surface area contributed by atoms with Gasteiger partial charge in [-0.2, -0.15) is 0 Å². The molecular weight excluding hydrogens is 210 g/mol. The standard InChI is InChI=1S/C14H23N3/c1-5-17-8-6-7-13(17)12-10-15-14(16(3)4)9-11(12)2/h9-10,13H,5-8H2,1-4H3. The van der Waals surface area contributed by atoms with Crippen molar-refractivity contribution >= 4 is 5.82 Å². The molecule has 0 saturated carbocycles. The zero-order valence-corrected chi connectivity index (χ0v) is 11.4. The third-order valence-corrected chi connectivity index (χ3v) is 3.72. The van der Waals surface area contributed by atoms with E-state index in [0.29, 0.717) is 6.04 Å². The second-order valence-corrected chi connectivity index (χ2v) is 5.08.